The third-order valence-electron chi connectivity index (χ3n) is 3.54. The van der Waals surface area contributed by atoms with Crippen LogP contribution < -0.4 is 5.43 Å². The number of H-pyrrole nitrogens is 1. The minimum absolute atomic E-state index is 0.0700. The van der Waals surface area contributed by atoms with Gasteiger partial charge in [-0.25, -0.2) is 4.98 Å². The summed E-state index contributed by atoms with van der Waals surface area (Å²) in [6.45, 7) is 7.92. The van der Waals surface area contributed by atoms with Crippen LogP contribution in [0.25, 0.3) is 21.9 Å². The number of nitrogens with one attached hydrogen (secondary N) is 1. The number of aromatic amines is 1. The van der Waals surface area contributed by atoms with E-state index in [4.69, 9.17) is 0 Å². The molecule has 1 N–H and O–H groups in total. The normalized spacial score (nSPS) is 11.4. The number of aromatic nitrogens is 2. The molecule has 0 aliphatic heterocycles. The topological polar surface area (TPSA) is 45.8 Å². The largest absolute Gasteiger partial charge is 0.339 e. The van der Waals surface area contributed by atoms with Gasteiger partial charge in [-0.3, -0.25) is 4.79 Å². The van der Waals surface area contributed by atoms with Gasteiger partial charge in [0, 0.05) is 11.1 Å². The smallest absolute Gasteiger partial charge is 0.199 e. The van der Waals surface area contributed by atoms with Crippen molar-refractivity contribution in [3.8, 4) is 0 Å². The molecule has 3 aromatic rings. The van der Waals surface area contributed by atoms with E-state index < -0.39 is 0 Å². The highest BCUT2D eigenvalue weighted by Crippen LogP contribution is 2.20. The van der Waals surface area contributed by atoms with E-state index >= 15 is 0 Å². The molecule has 1 aromatic carbocycles. The first-order chi connectivity index (χ1) is 8.97. The van der Waals surface area contributed by atoms with E-state index in [1.807, 2.05) is 39.8 Å². The van der Waals surface area contributed by atoms with Crippen molar-refractivity contribution >= 4 is 21.9 Å². The molecule has 19 heavy (non-hydrogen) atoms. The molecule has 0 aliphatic rings. The second kappa shape index (κ2) is 3.92. The number of nitrogens with zero attached hydrogens (tertiary/aromatic N) is 1. The van der Waals surface area contributed by atoms with Gasteiger partial charge in [-0.1, -0.05) is 6.07 Å². The van der Waals surface area contributed by atoms with Crippen LogP contribution in [-0.4, -0.2) is 9.97 Å². The number of benzene rings is 1. The van der Waals surface area contributed by atoms with Crippen LogP contribution in [0.3, 0.4) is 0 Å². The number of aryl methyl sites for hydroxylation is 4. The van der Waals surface area contributed by atoms with Crippen LogP contribution >= 0.6 is 0 Å². The highest BCUT2D eigenvalue weighted by molar-refractivity contribution is 5.94. The van der Waals surface area contributed by atoms with Crippen molar-refractivity contribution in [1.29, 1.82) is 0 Å². The summed E-state index contributed by atoms with van der Waals surface area (Å²) < 4.78 is 0. The van der Waals surface area contributed by atoms with Crippen molar-refractivity contribution in [2.45, 2.75) is 27.7 Å². The van der Waals surface area contributed by atoms with E-state index in [1.54, 1.807) is 0 Å². The van der Waals surface area contributed by atoms with Gasteiger partial charge in [0.25, 0.3) is 0 Å². The SMILES string of the molecule is Cc1cc(C)c2[nH]c3nc(C)cc(C)c3c(=O)c2c1. The van der Waals surface area contributed by atoms with E-state index in [-0.39, 0.29) is 5.43 Å². The van der Waals surface area contributed by atoms with Crippen LogP contribution in [0.4, 0.5) is 0 Å². The van der Waals surface area contributed by atoms with Gasteiger partial charge in [-0.15, -0.1) is 0 Å². The van der Waals surface area contributed by atoms with Gasteiger partial charge in [0.2, 0.25) is 0 Å². The van der Waals surface area contributed by atoms with Crippen molar-refractivity contribution in [3.63, 3.8) is 0 Å². The fourth-order valence-corrected chi connectivity index (χ4v) is 2.78. The van der Waals surface area contributed by atoms with Crippen molar-refractivity contribution < 1.29 is 0 Å². The zero-order chi connectivity index (χ0) is 13.7. The summed E-state index contributed by atoms with van der Waals surface area (Å²) in [5, 5.41) is 1.45. The molecule has 0 bridgehead atoms. The Morgan fingerprint density at radius 1 is 1.00 bits per heavy atom. The third-order valence-corrected chi connectivity index (χ3v) is 3.54. The first-order valence-corrected chi connectivity index (χ1v) is 6.38. The Morgan fingerprint density at radius 3 is 2.47 bits per heavy atom. The summed E-state index contributed by atoms with van der Waals surface area (Å²) in [5.41, 5.74) is 5.72. The van der Waals surface area contributed by atoms with Crippen LogP contribution in [0.5, 0.6) is 0 Å². The number of hydrogen-bond donors (Lipinski definition) is 1. The average Bonchev–Trinajstić information content (AvgIpc) is 2.30. The molecule has 0 saturated heterocycles. The number of hydrogen-bond acceptors (Lipinski definition) is 2. The minimum atomic E-state index is 0.0700. The van der Waals surface area contributed by atoms with Crippen molar-refractivity contribution in [2.75, 3.05) is 0 Å². The lowest BCUT2D eigenvalue weighted by atomic mass is 10.0. The third kappa shape index (κ3) is 1.73. The van der Waals surface area contributed by atoms with E-state index in [2.05, 4.69) is 16.0 Å². The molecular weight excluding hydrogens is 236 g/mol. The molecule has 0 fully saturated rings. The minimum Gasteiger partial charge on any atom is -0.339 e. The fraction of sp³-hybridized carbons (Fsp3) is 0.250. The monoisotopic (exact) mass is 252 g/mol. The van der Waals surface area contributed by atoms with Gasteiger partial charge in [0.1, 0.15) is 5.65 Å². The first kappa shape index (κ1) is 11.9. The van der Waals surface area contributed by atoms with E-state index in [9.17, 15) is 4.79 Å². The summed E-state index contributed by atoms with van der Waals surface area (Å²) in [5.74, 6) is 0. The predicted molar refractivity (Wildman–Crippen MR) is 78.8 cm³/mol. The molecule has 0 unspecified atom stereocenters. The fourth-order valence-electron chi connectivity index (χ4n) is 2.78. The van der Waals surface area contributed by atoms with Gasteiger partial charge in [0.15, 0.2) is 5.43 Å². The molecule has 2 heterocycles. The molecule has 3 heteroatoms. The second-order valence-electron chi connectivity index (χ2n) is 5.26. The second-order valence-corrected chi connectivity index (χ2v) is 5.26. The molecule has 0 amide bonds. The quantitative estimate of drug-likeness (QED) is 0.624. The standard InChI is InChI=1S/C16H16N2O/c1-8-5-10(3)14-12(6-8)15(19)13-9(2)7-11(4)17-16(13)18-14/h5-7H,1-4H3,(H,17,18,19). The Balaban J connectivity index is 2.64. The highest BCUT2D eigenvalue weighted by atomic mass is 16.1. The summed E-state index contributed by atoms with van der Waals surface area (Å²) in [6.07, 6.45) is 0. The van der Waals surface area contributed by atoms with Gasteiger partial charge < -0.3 is 4.98 Å². The van der Waals surface area contributed by atoms with Gasteiger partial charge in [-0.05, 0) is 56.5 Å². The summed E-state index contributed by atoms with van der Waals surface area (Å²) in [7, 11) is 0. The summed E-state index contributed by atoms with van der Waals surface area (Å²) in [6, 6.07) is 5.97. The Hall–Kier alpha value is -2.16. The molecule has 3 rings (SSSR count). The van der Waals surface area contributed by atoms with E-state index in [0.29, 0.717) is 11.0 Å². The number of fused-ring (bicyclic) bond motifs is 2. The average molecular weight is 252 g/mol. The van der Waals surface area contributed by atoms with E-state index in [0.717, 1.165) is 33.3 Å². The van der Waals surface area contributed by atoms with Gasteiger partial charge >= 0.3 is 0 Å². The maximum Gasteiger partial charge on any atom is 0.199 e. The zero-order valence-corrected chi connectivity index (χ0v) is 11.6. The Kier molecular flexibility index (Phi) is 2.45. The van der Waals surface area contributed by atoms with Crippen molar-refractivity contribution in [2.24, 2.45) is 0 Å². The first-order valence-electron chi connectivity index (χ1n) is 6.38. The molecule has 0 atom stereocenters. The van der Waals surface area contributed by atoms with Crippen LogP contribution in [0.15, 0.2) is 23.0 Å². The highest BCUT2D eigenvalue weighted by Gasteiger charge is 2.11. The predicted octanol–water partition coefficient (Wildman–Crippen LogP) is 3.31. The van der Waals surface area contributed by atoms with E-state index in [1.165, 1.54) is 0 Å². The number of pyridine rings is 2. The molecule has 0 spiro atoms. The molecule has 3 nitrogen and oxygen atoms in total. The molecular formula is C16H16N2O. The van der Waals surface area contributed by atoms with Gasteiger partial charge in [-0.2, -0.15) is 0 Å². The molecule has 2 aromatic heterocycles. The summed E-state index contributed by atoms with van der Waals surface area (Å²) >= 11 is 0. The molecule has 0 radical (unpaired) electrons. The maximum absolute atomic E-state index is 12.7. The van der Waals surface area contributed by atoms with Crippen LogP contribution in [-0.2, 0) is 0 Å². The zero-order valence-electron chi connectivity index (χ0n) is 11.6. The van der Waals surface area contributed by atoms with Crippen LogP contribution in [0.2, 0.25) is 0 Å². The lowest BCUT2D eigenvalue weighted by Crippen LogP contribution is -2.08. The Labute approximate surface area is 111 Å². The van der Waals surface area contributed by atoms with Crippen molar-refractivity contribution in [3.05, 3.63) is 50.8 Å². The Morgan fingerprint density at radius 2 is 1.74 bits per heavy atom. The number of rotatable bonds is 0. The van der Waals surface area contributed by atoms with Crippen LogP contribution in [0, 0.1) is 27.7 Å². The Bertz CT molecular complexity index is 875. The van der Waals surface area contributed by atoms with Crippen molar-refractivity contribution in [1.82, 2.24) is 9.97 Å². The maximum atomic E-state index is 12.7. The summed E-state index contributed by atoms with van der Waals surface area (Å²) in [4.78, 5) is 20.4. The molecule has 0 saturated carbocycles. The van der Waals surface area contributed by atoms with Crippen LogP contribution in [0.1, 0.15) is 22.4 Å². The molecule has 0 aliphatic carbocycles. The lowest BCUT2D eigenvalue weighted by Gasteiger charge is -2.08. The molecule has 96 valence electrons. The lowest BCUT2D eigenvalue weighted by molar-refractivity contribution is 1.19. The van der Waals surface area contributed by atoms with Gasteiger partial charge in [0.05, 0.1) is 10.9 Å².